The van der Waals surface area contributed by atoms with E-state index in [1.165, 1.54) is 0 Å². The lowest BCUT2D eigenvalue weighted by molar-refractivity contribution is 0.0998. The van der Waals surface area contributed by atoms with Crippen LogP contribution >= 0.6 is 35.4 Å². The van der Waals surface area contributed by atoms with Crippen molar-refractivity contribution in [1.29, 1.82) is 0 Å². The van der Waals surface area contributed by atoms with Crippen LogP contribution in [0.2, 0.25) is 10.0 Å². The third-order valence-corrected chi connectivity index (χ3v) is 4.93. The molecule has 0 bridgehead atoms. The average Bonchev–Trinajstić information content (AvgIpc) is 2.46. The third kappa shape index (κ3) is 4.16. The topological polar surface area (TPSA) is 51.3 Å². The highest BCUT2D eigenvalue weighted by Gasteiger charge is 2.13. The van der Waals surface area contributed by atoms with Crippen molar-refractivity contribution in [2.45, 2.75) is 27.1 Å². The summed E-state index contributed by atoms with van der Waals surface area (Å²) in [5, 5.41) is 1.06. The Bertz CT molecular complexity index is 848. The van der Waals surface area contributed by atoms with Crippen molar-refractivity contribution in [1.82, 2.24) is 9.47 Å². The van der Waals surface area contributed by atoms with E-state index in [9.17, 15) is 4.79 Å². The van der Waals surface area contributed by atoms with Crippen molar-refractivity contribution < 1.29 is 4.79 Å². The largest absolute Gasteiger partial charge is 0.365 e. The summed E-state index contributed by atoms with van der Waals surface area (Å²) in [6.45, 7) is 5.00. The van der Waals surface area contributed by atoms with Gasteiger partial charge in [-0.1, -0.05) is 41.5 Å². The second-order valence-corrected chi connectivity index (χ2v) is 7.05. The maximum atomic E-state index is 11.7. The van der Waals surface area contributed by atoms with Gasteiger partial charge in [0.15, 0.2) is 0 Å². The summed E-state index contributed by atoms with van der Waals surface area (Å²) in [6.07, 6.45) is 0. The van der Waals surface area contributed by atoms with Gasteiger partial charge in [-0.2, -0.15) is 0 Å². The Hall–Kier alpha value is -1.40. The lowest BCUT2D eigenvalue weighted by Gasteiger charge is -2.22. The molecule has 1 aromatic carbocycles. The predicted molar refractivity (Wildman–Crippen MR) is 101 cm³/mol. The van der Waals surface area contributed by atoms with Gasteiger partial charge in [0, 0.05) is 12.2 Å². The number of hydrogen-bond donors (Lipinski definition) is 1. The summed E-state index contributed by atoms with van der Waals surface area (Å²) in [7, 11) is 1.97. The number of benzene rings is 1. The highest BCUT2D eigenvalue weighted by atomic mass is 35.5. The summed E-state index contributed by atoms with van der Waals surface area (Å²) >= 11 is 17.5. The number of aromatic nitrogens is 1. The number of primary amides is 1. The van der Waals surface area contributed by atoms with Crippen molar-refractivity contribution in [3.8, 4) is 0 Å². The first-order valence-corrected chi connectivity index (χ1v) is 8.50. The molecule has 0 fully saturated rings. The van der Waals surface area contributed by atoms with Gasteiger partial charge in [-0.15, -0.1) is 0 Å². The lowest BCUT2D eigenvalue weighted by atomic mass is 10.1. The summed E-state index contributed by atoms with van der Waals surface area (Å²) < 4.78 is 2.36. The van der Waals surface area contributed by atoms with E-state index in [1.54, 1.807) is 6.07 Å². The van der Waals surface area contributed by atoms with Crippen LogP contribution in [0.15, 0.2) is 24.3 Å². The molecular weight excluding hydrogens is 365 g/mol. The maximum Gasteiger partial charge on any atom is 0.251 e. The molecule has 0 saturated heterocycles. The predicted octanol–water partition coefficient (Wildman–Crippen LogP) is 4.33. The summed E-state index contributed by atoms with van der Waals surface area (Å²) in [4.78, 5) is 13.7. The first kappa shape index (κ1) is 18.9. The Balaban J connectivity index is 2.27. The highest BCUT2D eigenvalue weighted by molar-refractivity contribution is 7.71. The SMILES string of the molecule is Cc1cc(C)n(CN(C)Cc2ccc(Cl)c(Cl)c2)c(=S)c1C(N)=O. The molecule has 0 spiro atoms. The summed E-state index contributed by atoms with van der Waals surface area (Å²) in [5.74, 6) is -0.501. The van der Waals surface area contributed by atoms with Gasteiger partial charge in [0.2, 0.25) is 0 Å². The highest BCUT2D eigenvalue weighted by Crippen LogP contribution is 2.23. The zero-order valence-corrected chi connectivity index (χ0v) is 16.1. The minimum atomic E-state index is -0.501. The van der Waals surface area contributed by atoms with E-state index in [4.69, 9.17) is 41.2 Å². The summed E-state index contributed by atoms with van der Waals surface area (Å²) in [5.41, 5.74) is 8.68. The standard InChI is InChI=1S/C17H19Cl2N3OS/c1-10-6-11(2)22(17(24)15(10)16(20)23)9-21(3)8-12-4-5-13(18)14(19)7-12/h4-7H,8-9H2,1-3H3,(H2,20,23). The van der Waals surface area contributed by atoms with Gasteiger partial charge in [0.25, 0.3) is 5.91 Å². The van der Waals surface area contributed by atoms with Crippen molar-refractivity contribution in [3.05, 3.63) is 61.3 Å². The fourth-order valence-electron chi connectivity index (χ4n) is 2.64. The molecule has 1 heterocycles. The second-order valence-electron chi connectivity index (χ2n) is 5.85. The first-order chi connectivity index (χ1) is 11.2. The monoisotopic (exact) mass is 383 g/mol. The maximum absolute atomic E-state index is 11.7. The fourth-order valence-corrected chi connectivity index (χ4v) is 3.43. The van der Waals surface area contributed by atoms with Crippen LogP contribution in [-0.4, -0.2) is 22.4 Å². The van der Waals surface area contributed by atoms with Gasteiger partial charge in [-0.05, 0) is 50.2 Å². The van der Waals surface area contributed by atoms with Crippen LogP contribution in [-0.2, 0) is 13.2 Å². The van der Waals surface area contributed by atoms with Crippen molar-refractivity contribution >= 4 is 41.3 Å². The molecule has 0 unspecified atom stereocenters. The molecule has 2 N–H and O–H groups in total. The number of amides is 1. The Kier molecular flexibility index (Phi) is 6.04. The molecule has 128 valence electrons. The van der Waals surface area contributed by atoms with Crippen LogP contribution < -0.4 is 5.73 Å². The van der Waals surface area contributed by atoms with Crippen molar-refractivity contribution in [3.63, 3.8) is 0 Å². The van der Waals surface area contributed by atoms with E-state index in [0.29, 0.717) is 33.5 Å². The molecule has 24 heavy (non-hydrogen) atoms. The smallest absolute Gasteiger partial charge is 0.251 e. The zero-order valence-electron chi connectivity index (χ0n) is 13.8. The molecule has 0 aliphatic heterocycles. The van der Waals surface area contributed by atoms with Gasteiger partial charge in [-0.25, -0.2) is 0 Å². The number of aryl methyl sites for hydroxylation is 2. The number of halogens is 2. The van der Waals surface area contributed by atoms with Gasteiger partial charge >= 0.3 is 0 Å². The van der Waals surface area contributed by atoms with Crippen LogP contribution in [0.1, 0.15) is 27.2 Å². The molecular formula is C17H19Cl2N3OS. The van der Waals surface area contributed by atoms with Crippen LogP contribution in [0.25, 0.3) is 0 Å². The van der Waals surface area contributed by atoms with Crippen molar-refractivity contribution in [2.75, 3.05) is 7.05 Å². The van der Waals surface area contributed by atoms with E-state index in [-0.39, 0.29) is 0 Å². The van der Waals surface area contributed by atoms with Gasteiger partial charge in [0.05, 0.1) is 22.3 Å². The lowest BCUT2D eigenvalue weighted by Crippen LogP contribution is -2.25. The minimum absolute atomic E-state index is 0.401. The van der Waals surface area contributed by atoms with Gasteiger partial charge in [-0.3, -0.25) is 9.69 Å². The molecule has 0 aliphatic rings. The molecule has 4 nitrogen and oxygen atoms in total. The normalized spacial score (nSPS) is 11.1. The Morgan fingerprint density at radius 3 is 2.50 bits per heavy atom. The molecule has 0 atom stereocenters. The number of carbonyl (C=O) groups is 1. The van der Waals surface area contributed by atoms with E-state index >= 15 is 0 Å². The van der Waals surface area contributed by atoms with Crippen molar-refractivity contribution in [2.24, 2.45) is 5.73 Å². The van der Waals surface area contributed by atoms with Gasteiger partial charge in [0.1, 0.15) is 4.64 Å². The molecule has 1 aromatic heterocycles. The quantitative estimate of drug-likeness (QED) is 0.781. The molecule has 0 aliphatic carbocycles. The van der Waals surface area contributed by atoms with Crippen LogP contribution in [0, 0.1) is 18.5 Å². The van der Waals surface area contributed by atoms with Crippen LogP contribution in [0.4, 0.5) is 0 Å². The first-order valence-electron chi connectivity index (χ1n) is 7.34. The fraction of sp³-hybridized carbons (Fsp3) is 0.294. The Morgan fingerprint density at radius 1 is 1.25 bits per heavy atom. The molecule has 2 aromatic rings. The average molecular weight is 384 g/mol. The van der Waals surface area contributed by atoms with Crippen LogP contribution in [0.3, 0.4) is 0 Å². The Labute approximate surface area is 156 Å². The second kappa shape index (κ2) is 7.66. The number of nitrogens with zero attached hydrogens (tertiary/aromatic N) is 2. The van der Waals surface area contributed by atoms with Crippen LogP contribution in [0.5, 0.6) is 0 Å². The number of hydrogen-bond acceptors (Lipinski definition) is 3. The molecule has 1 amide bonds. The van der Waals surface area contributed by atoms with E-state index < -0.39 is 5.91 Å². The number of pyridine rings is 1. The number of rotatable bonds is 5. The van der Waals surface area contributed by atoms with E-state index in [2.05, 4.69) is 4.90 Å². The molecule has 2 rings (SSSR count). The van der Waals surface area contributed by atoms with E-state index in [0.717, 1.165) is 16.8 Å². The zero-order chi connectivity index (χ0) is 18.0. The number of nitrogens with two attached hydrogens (primary N) is 1. The minimum Gasteiger partial charge on any atom is -0.365 e. The van der Waals surface area contributed by atoms with E-state index in [1.807, 2.05) is 43.7 Å². The Morgan fingerprint density at radius 2 is 1.92 bits per heavy atom. The number of carbonyl (C=O) groups excluding carboxylic acids is 1. The molecule has 7 heteroatoms. The van der Waals surface area contributed by atoms with Gasteiger partial charge < -0.3 is 10.3 Å². The third-order valence-electron chi connectivity index (χ3n) is 3.77. The molecule has 0 saturated carbocycles. The molecule has 0 radical (unpaired) electrons. The summed E-state index contributed by atoms with van der Waals surface area (Å²) in [6, 6.07) is 7.47.